The van der Waals surface area contributed by atoms with E-state index < -0.39 is 40.9 Å². The number of anilines is 1. The van der Waals surface area contributed by atoms with Crippen LogP contribution in [0.4, 0.5) is 36.8 Å². The largest absolute Gasteiger partial charge is 0.465 e. The van der Waals surface area contributed by atoms with Crippen molar-refractivity contribution in [3.05, 3.63) is 81.8 Å². The highest BCUT2D eigenvalue weighted by molar-refractivity contribution is 9.10. The van der Waals surface area contributed by atoms with Crippen molar-refractivity contribution < 1.29 is 41.0 Å². The molecule has 0 saturated carbocycles. The highest BCUT2D eigenvalue weighted by atomic mass is 79.9. The van der Waals surface area contributed by atoms with E-state index in [-0.39, 0.29) is 21.8 Å². The zero-order valence-electron chi connectivity index (χ0n) is 16.2. The summed E-state index contributed by atoms with van der Waals surface area (Å²) in [6, 6.07) is 10.1. The molecule has 0 atom stereocenters. The van der Waals surface area contributed by atoms with Crippen molar-refractivity contribution in [1.82, 2.24) is 0 Å². The van der Waals surface area contributed by atoms with E-state index in [0.717, 1.165) is 6.07 Å². The first kappa shape index (κ1) is 24.3. The lowest BCUT2D eigenvalue weighted by molar-refractivity contribution is -0.137. The molecule has 2 N–H and O–H groups in total. The Bertz CT molecular complexity index is 1280. The summed E-state index contributed by atoms with van der Waals surface area (Å²) in [5.74, 6) is -1.09. The molecule has 0 bridgehead atoms. The van der Waals surface area contributed by atoms with Crippen molar-refractivity contribution in [2.75, 3.05) is 5.32 Å². The van der Waals surface area contributed by atoms with Crippen LogP contribution >= 0.6 is 15.9 Å². The number of hydrogen-bond donors (Lipinski definition) is 2. The summed E-state index contributed by atoms with van der Waals surface area (Å²) in [5, 5.41) is 11.8. The zero-order chi connectivity index (χ0) is 24.6. The van der Waals surface area contributed by atoms with Gasteiger partial charge in [0.2, 0.25) is 0 Å². The van der Waals surface area contributed by atoms with Crippen LogP contribution < -0.4 is 5.32 Å². The minimum Gasteiger partial charge on any atom is -0.465 e. The lowest BCUT2D eigenvalue weighted by Crippen LogP contribution is -2.14. The van der Waals surface area contributed by atoms with E-state index in [4.69, 9.17) is 5.11 Å². The number of benzene rings is 3. The third-order valence-corrected chi connectivity index (χ3v) is 4.98. The summed E-state index contributed by atoms with van der Waals surface area (Å²) in [5.41, 5.74) is -3.63. The Balaban J connectivity index is 2.08. The van der Waals surface area contributed by atoms with Gasteiger partial charge in [-0.2, -0.15) is 26.3 Å². The van der Waals surface area contributed by atoms with Crippen LogP contribution in [0.5, 0.6) is 0 Å². The number of carbonyl (C=O) groups is 2. The molecule has 0 radical (unpaired) electrons. The van der Waals surface area contributed by atoms with Gasteiger partial charge in [-0.15, -0.1) is 0 Å². The lowest BCUT2D eigenvalue weighted by atomic mass is 9.98. The van der Waals surface area contributed by atoms with E-state index in [2.05, 4.69) is 21.2 Å². The molecule has 172 valence electrons. The molecule has 0 aliphatic rings. The van der Waals surface area contributed by atoms with Gasteiger partial charge in [-0.3, -0.25) is 10.1 Å². The standard InChI is InChI=1S/C22H12BrF6NO3/c23-15-8-13(7-14(9-15)21(24,25)26)17(22(27,28)29)10-19(31)12-4-5-16-11(6-12)2-1-3-18(16)30-20(32)33/h1-10,30H,(H,32,33)/b17-10+. The average molecular weight is 532 g/mol. The van der Waals surface area contributed by atoms with Crippen LogP contribution in [-0.4, -0.2) is 23.2 Å². The molecule has 0 unspecified atom stereocenters. The van der Waals surface area contributed by atoms with Crippen LogP contribution in [0.2, 0.25) is 0 Å². The van der Waals surface area contributed by atoms with Gasteiger partial charge in [0.1, 0.15) is 0 Å². The van der Waals surface area contributed by atoms with E-state index >= 15 is 0 Å². The summed E-state index contributed by atoms with van der Waals surface area (Å²) in [6.45, 7) is 0. The fourth-order valence-electron chi connectivity index (χ4n) is 3.11. The quantitative estimate of drug-likeness (QED) is 0.207. The predicted molar refractivity (Wildman–Crippen MR) is 113 cm³/mol. The molecular formula is C22H12BrF6NO3. The van der Waals surface area contributed by atoms with Gasteiger partial charge in [0.25, 0.3) is 0 Å². The second kappa shape index (κ2) is 8.89. The molecule has 1 amide bonds. The number of carbonyl (C=O) groups excluding carboxylic acids is 1. The number of rotatable bonds is 4. The Labute approximate surface area is 190 Å². The Morgan fingerprint density at radius 1 is 0.909 bits per heavy atom. The van der Waals surface area contributed by atoms with E-state index in [1.807, 2.05) is 0 Å². The highest BCUT2D eigenvalue weighted by Gasteiger charge is 2.38. The second-order valence-corrected chi connectivity index (χ2v) is 7.73. The van der Waals surface area contributed by atoms with Crippen LogP contribution in [0, 0.1) is 0 Å². The molecule has 33 heavy (non-hydrogen) atoms. The number of fused-ring (bicyclic) bond motifs is 1. The topological polar surface area (TPSA) is 66.4 Å². The van der Waals surface area contributed by atoms with Crippen molar-refractivity contribution in [2.45, 2.75) is 12.4 Å². The van der Waals surface area contributed by atoms with Crippen LogP contribution in [0.15, 0.2) is 65.1 Å². The number of nitrogens with one attached hydrogen (secondary N) is 1. The number of carboxylic acid groups (broad SMARTS) is 1. The maximum atomic E-state index is 13.7. The van der Waals surface area contributed by atoms with Gasteiger partial charge < -0.3 is 5.11 Å². The Hall–Kier alpha value is -3.34. The first-order chi connectivity index (χ1) is 15.3. The number of ketones is 1. The molecule has 0 aromatic heterocycles. The van der Waals surface area contributed by atoms with Crippen molar-refractivity contribution >= 4 is 49.8 Å². The Morgan fingerprint density at radius 2 is 1.61 bits per heavy atom. The summed E-state index contributed by atoms with van der Waals surface area (Å²) in [7, 11) is 0. The minimum atomic E-state index is -5.12. The molecule has 0 aliphatic carbocycles. The maximum Gasteiger partial charge on any atom is 0.417 e. The van der Waals surface area contributed by atoms with E-state index in [9.17, 15) is 35.9 Å². The van der Waals surface area contributed by atoms with E-state index in [0.29, 0.717) is 22.9 Å². The molecule has 4 nitrogen and oxygen atoms in total. The highest BCUT2D eigenvalue weighted by Crippen LogP contribution is 2.39. The molecule has 3 aromatic carbocycles. The molecule has 11 heteroatoms. The normalized spacial score (nSPS) is 12.6. The van der Waals surface area contributed by atoms with E-state index in [1.165, 1.54) is 36.4 Å². The van der Waals surface area contributed by atoms with Crippen LogP contribution in [-0.2, 0) is 6.18 Å². The summed E-state index contributed by atoms with van der Waals surface area (Å²) in [6.07, 6.45) is -11.1. The Morgan fingerprint density at radius 3 is 2.21 bits per heavy atom. The SMILES string of the molecule is O=C(O)Nc1cccc2cc(C(=O)/C=C(\c3cc(Br)cc(C(F)(F)F)c3)C(F)(F)F)ccc12. The van der Waals surface area contributed by atoms with Crippen LogP contribution in [0.3, 0.4) is 0 Å². The van der Waals surface area contributed by atoms with Crippen molar-refractivity contribution in [1.29, 1.82) is 0 Å². The average Bonchev–Trinajstić information content (AvgIpc) is 2.69. The third kappa shape index (κ3) is 5.72. The Kier molecular flexibility index (Phi) is 6.55. The van der Waals surface area contributed by atoms with Gasteiger partial charge in [0, 0.05) is 15.4 Å². The monoisotopic (exact) mass is 531 g/mol. The van der Waals surface area contributed by atoms with Gasteiger partial charge >= 0.3 is 18.4 Å². The molecule has 3 rings (SSSR count). The summed E-state index contributed by atoms with van der Waals surface area (Å²) < 4.78 is 80.0. The zero-order valence-corrected chi connectivity index (χ0v) is 17.8. The number of amides is 1. The first-order valence-corrected chi connectivity index (χ1v) is 9.79. The number of halogens is 7. The first-order valence-electron chi connectivity index (χ1n) is 9.00. The smallest absolute Gasteiger partial charge is 0.417 e. The van der Waals surface area contributed by atoms with Gasteiger partial charge in [-0.1, -0.05) is 40.2 Å². The van der Waals surface area contributed by atoms with E-state index in [1.54, 1.807) is 0 Å². The maximum absolute atomic E-state index is 13.7. The van der Waals surface area contributed by atoms with Crippen molar-refractivity contribution in [3.63, 3.8) is 0 Å². The fraction of sp³-hybridized carbons (Fsp3) is 0.0909. The minimum absolute atomic E-state index is 0.164. The summed E-state index contributed by atoms with van der Waals surface area (Å²) >= 11 is 2.78. The number of hydrogen-bond acceptors (Lipinski definition) is 2. The number of allylic oxidation sites excluding steroid dienone is 2. The van der Waals surface area contributed by atoms with Crippen molar-refractivity contribution in [3.8, 4) is 0 Å². The molecule has 0 spiro atoms. The second-order valence-electron chi connectivity index (χ2n) is 6.82. The van der Waals surface area contributed by atoms with Gasteiger partial charge in [0.05, 0.1) is 16.8 Å². The predicted octanol–water partition coefficient (Wildman–Crippen LogP) is 7.54. The van der Waals surface area contributed by atoms with Gasteiger partial charge in [0.15, 0.2) is 5.78 Å². The third-order valence-electron chi connectivity index (χ3n) is 4.52. The van der Waals surface area contributed by atoms with Crippen LogP contribution in [0.25, 0.3) is 16.3 Å². The fourth-order valence-corrected chi connectivity index (χ4v) is 3.61. The van der Waals surface area contributed by atoms with Gasteiger partial charge in [-0.25, -0.2) is 4.79 Å². The lowest BCUT2D eigenvalue weighted by Gasteiger charge is -2.15. The molecule has 0 aliphatic heterocycles. The number of alkyl halides is 6. The summed E-state index contributed by atoms with van der Waals surface area (Å²) in [4.78, 5) is 23.5. The van der Waals surface area contributed by atoms with Gasteiger partial charge in [-0.05, 0) is 47.4 Å². The van der Waals surface area contributed by atoms with Crippen molar-refractivity contribution in [2.24, 2.45) is 0 Å². The molecular weight excluding hydrogens is 520 g/mol. The molecule has 0 heterocycles. The molecule has 0 saturated heterocycles. The van der Waals surface area contributed by atoms with Crippen LogP contribution in [0.1, 0.15) is 21.5 Å². The molecule has 0 fully saturated rings. The molecule has 3 aromatic rings.